The summed E-state index contributed by atoms with van der Waals surface area (Å²) < 4.78 is 27.3. The Morgan fingerprint density at radius 3 is 1.38 bits per heavy atom. The fraction of sp³-hybridized carbons (Fsp3) is 0.213. The highest BCUT2D eigenvalue weighted by atomic mass is 127. The molecule has 3 fully saturated rings. The quantitative estimate of drug-likeness (QED) is 0.0282. The molecule has 3 atom stereocenters. The lowest BCUT2D eigenvalue weighted by molar-refractivity contribution is -0.385. The van der Waals surface area contributed by atoms with E-state index in [2.05, 4.69) is 52.8 Å². The number of rotatable bonds is 13. The van der Waals surface area contributed by atoms with E-state index in [-0.39, 0.29) is 83.5 Å². The van der Waals surface area contributed by atoms with Crippen molar-refractivity contribution in [2.45, 2.75) is 43.2 Å². The molecule has 8 aromatic rings. The molecule has 6 aliphatic rings. The SMILES string of the molecule is C#C[C@]1(CN2Cc3ccc(OC)cc3C2=O)NC(=O)NC1=O.COc1ccc2c(c1)C(=O)N(C[C@@]1(c3cc4cc(C)cnc4o3)NC(=O)NC1=O)C2.COc1ccc2c(c1)C(=O)N(C[C@@]1(c3cc4cc([N+](=O)[O-])cnc4o3)NC(=O)NC1=O)C2.O=c1[nH]cc([N+](=O)[O-])cc1I. The van der Waals surface area contributed by atoms with Crippen molar-refractivity contribution in [3.05, 3.63) is 188 Å². The van der Waals surface area contributed by atoms with Gasteiger partial charge in [0.25, 0.3) is 52.4 Å². The summed E-state index contributed by atoms with van der Waals surface area (Å²) >= 11 is 1.74. The molecule has 6 aliphatic heterocycles. The molecule has 34 heteroatoms. The zero-order valence-corrected chi connectivity index (χ0v) is 52.1. The van der Waals surface area contributed by atoms with Crippen LogP contribution in [0.25, 0.3) is 22.2 Å². The van der Waals surface area contributed by atoms with Gasteiger partial charge in [-0.25, -0.2) is 24.4 Å². The first-order valence-electron chi connectivity index (χ1n) is 28.0. The molecule has 5 aromatic heterocycles. The van der Waals surface area contributed by atoms with Gasteiger partial charge in [0.05, 0.1) is 60.6 Å². The molecule has 3 saturated heterocycles. The highest BCUT2D eigenvalue weighted by Gasteiger charge is 2.55. The van der Waals surface area contributed by atoms with Gasteiger partial charge in [0.1, 0.15) is 35.0 Å². The number of amides is 12. The number of hydrogen-bond donors (Lipinski definition) is 7. The van der Waals surface area contributed by atoms with Gasteiger partial charge in [-0.05, 0) is 106 Å². The van der Waals surface area contributed by atoms with Gasteiger partial charge in [-0.3, -0.25) is 69.7 Å². The van der Waals surface area contributed by atoms with Crippen molar-refractivity contribution >= 4 is 110 Å². The summed E-state index contributed by atoms with van der Waals surface area (Å²) in [6.07, 6.45) is 9.17. The molecule has 0 bridgehead atoms. The summed E-state index contributed by atoms with van der Waals surface area (Å²) in [5.41, 5.74) is -0.280. The predicted octanol–water partition coefficient (Wildman–Crippen LogP) is 4.02. The van der Waals surface area contributed by atoms with E-state index in [1.54, 1.807) is 83.4 Å². The number of aromatic amines is 1. The number of nitro groups is 2. The first kappa shape index (κ1) is 64.2. The van der Waals surface area contributed by atoms with E-state index in [1.165, 1.54) is 54.2 Å². The lowest BCUT2D eigenvalue weighted by Crippen LogP contribution is -2.54. The van der Waals surface area contributed by atoms with Gasteiger partial charge in [-0.1, -0.05) is 24.1 Å². The molecule has 484 valence electrons. The Bertz CT molecular complexity index is 4770. The number of fused-ring (bicyclic) bond motifs is 5. The fourth-order valence-corrected chi connectivity index (χ4v) is 11.6. The highest BCUT2D eigenvalue weighted by Crippen LogP contribution is 2.38. The van der Waals surface area contributed by atoms with Crippen LogP contribution in [0.5, 0.6) is 17.2 Å². The number of furan rings is 2. The largest absolute Gasteiger partial charge is 0.497 e. The summed E-state index contributed by atoms with van der Waals surface area (Å²) in [5, 5.41) is 36.3. The monoisotopic (exact) mass is 1410 g/mol. The van der Waals surface area contributed by atoms with Crippen LogP contribution in [-0.4, -0.2) is 140 Å². The number of halogens is 1. The van der Waals surface area contributed by atoms with E-state index in [0.29, 0.717) is 61.7 Å². The number of hydrogen-bond acceptors (Lipinski definition) is 21. The average Bonchev–Trinajstić information content (AvgIpc) is 1.60. The van der Waals surface area contributed by atoms with Gasteiger partial charge in [0.15, 0.2) is 16.6 Å². The third kappa shape index (κ3) is 12.2. The zero-order chi connectivity index (χ0) is 68.0. The Kier molecular flexibility index (Phi) is 17.0. The normalized spacial score (nSPS) is 19.5. The Labute approximate surface area is 546 Å². The molecule has 3 aromatic carbocycles. The number of imide groups is 3. The minimum Gasteiger partial charge on any atom is -0.497 e. The minimum absolute atomic E-state index is 0.00480. The minimum atomic E-state index is -1.73. The maximum atomic E-state index is 13.0. The van der Waals surface area contributed by atoms with Gasteiger partial charge >= 0.3 is 18.1 Å². The number of aryl methyl sites for hydroxylation is 1. The number of aromatic nitrogens is 3. The highest BCUT2D eigenvalue weighted by molar-refractivity contribution is 14.1. The number of H-pyrrole nitrogens is 1. The smallest absolute Gasteiger partial charge is 0.323 e. The lowest BCUT2D eigenvalue weighted by Gasteiger charge is -2.28. The van der Waals surface area contributed by atoms with Crippen molar-refractivity contribution in [2.24, 2.45) is 0 Å². The van der Waals surface area contributed by atoms with Crippen molar-refractivity contribution in [2.75, 3.05) is 41.0 Å². The molecule has 0 aliphatic carbocycles. The van der Waals surface area contributed by atoms with Crippen LogP contribution < -0.4 is 51.7 Å². The predicted molar refractivity (Wildman–Crippen MR) is 334 cm³/mol. The number of terminal acetylenes is 1. The van der Waals surface area contributed by atoms with Crippen LogP contribution in [0.2, 0.25) is 0 Å². The molecule has 0 saturated carbocycles. The summed E-state index contributed by atoms with van der Waals surface area (Å²) in [7, 11) is 4.54. The van der Waals surface area contributed by atoms with Gasteiger partial charge in [-0.15, -0.1) is 6.42 Å². The van der Waals surface area contributed by atoms with Crippen LogP contribution in [0.4, 0.5) is 25.8 Å². The number of carbonyl (C=O) groups excluding carboxylic acids is 9. The van der Waals surface area contributed by atoms with E-state index >= 15 is 0 Å². The van der Waals surface area contributed by atoms with Gasteiger partial charge in [0, 0.05) is 65.4 Å². The Morgan fingerprint density at radius 2 is 0.989 bits per heavy atom. The van der Waals surface area contributed by atoms with Gasteiger partial charge < -0.3 is 58.7 Å². The second-order valence-electron chi connectivity index (χ2n) is 21.9. The molecular weight excluding hydrogens is 1360 g/mol. The lowest BCUT2D eigenvalue weighted by atomic mass is 9.95. The van der Waals surface area contributed by atoms with E-state index in [4.69, 9.17) is 29.5 Å². The third-order valence-electron chi connectivity index (χ3n) is 15.9. The Morgan fingerprint density at radius 1 is 0.568 bits per heavy atom. The topological polar surface area (TPSA) is 434 Å². The van der Waals surface area contributed by atoms with Crippen molar-refractivity contribution in [3.63, 3.8) is 0 Å². The van der Waals surface area contributed by atoms with Crippen molar-refractivity contribution in [1.82, 2.24) is 61.6 Å². The van der Waals surface area contributed by atoms with E-state index in [9.17, 15) is 68.2 Å². The van der Waals surface area contributed by atoms with E-state index in [1.807, 2.05) is 19.1 Å². The number of urea groups is 3. The number of benzene rings is 3. The number of nitrogens with one attached hydrogen (secondary N) is 7. The van der Waals surface area contributed by atoms with E-state index < -0.39 is 62.3 Å². The number of ether oxygens (including phenoxy) is 3. The molecule has 0 unspecified atom stereocenters. The van der Waals surface area contributed by atoms with Crippen LogP contribution in [-0.2, 0) is 45.1 Å². The fourth-order valence-electron chi connectivity index (χ4n) is 11.1. The van der Waals surface area contributed by atoms with Crippen LogP contribution in [0.3, 0.4) is 0 Å². The maximum absolute atomic E-state index is 13.0. The summed E-state index contributed by atoms with van der Waals surface area (Å²) in [4.78, 5) is 157. The van der Waals surface area contributed by atoms with Crippen molar-refractivity contribution in [3.8, 4) is 29.6 Å². The van der Waals surface area contributed by atoms with Crippen molar-refractivity contribution in [1.29, 1.82) is 0 Å². The summed E-state index contributed by atoms with van der Waals surface area (Å²) in [6.45, 7) is 2.35. The molecule has 7 N–H and O–H groups in total. The molecule has 95 heavy (non-hydrogen) atoms. The molecule has 33 nitrogen and oxygen atoms in total. The molecule has 0 radical (unpaired) electrons. The zero-order valence-electron chi connectivity index (χ0n) is 49.9. The molecule has 0 spiro atoms. The first-order valence-corrected chi connectivity index (χ1v) is 29.1. The standard InChI is InChI=1S/C21H18N4O5.C20H15N5O7.C15H13N3O4.C5H3IN2O3/c1-11-5-13-6-16(30-17(13)22-8-11)21(19(27)23-20(28)24-21)10-25-9-12-3-4-14(29-2)7-15(12)18(25)26;1-31-13-3-2-10-8-24(17(26)14(10)6-13)9-20(18(27)22-19(28)23-20)15-5-11-4-12(25(29)30)7-21-16(11)32-15;1-3-15(13(20)16-14(21)17-15)8-18-7-9-4-5-10(22-2)6-11(9)12(18)19;6-4-1-3(8(10)11)2-7-5(4)9/h3-8H,9-10H2,1-2H3,(H2,23,24,27,28);2-7H,8-9H2,1H3,(H2,22,23,27,28);1,4-6H,7-8H2,2H3,(H2,16,17,20,21);1-2H,(H,7,9)/t21-;20-;15-;/m001./s1. The Hall–Kier alpha value is -12.3. The summed E-state index contributed by atoms with van der Waals surface area (Å²) in [5.74, 6) is 1.44. The maximum Gasteiger partial charge on any atom is 0.323 e. The van der Waals surface area contributed by atoms with Crippen molar-refractivity contribution < 1.29 is 76.0 Å². The Balaban J connectivity index is 0.000000136. The molecule has 12 amide bonds. The summed E-state index contributed by atoms with van der Waals surface area (Å²) in [6, 6.07) is 20.9. The number of methoxy groups -OCH3 is 3. The third-order valence-corrected chi connectivity index (χ3v) is 16.7. The van der Waals surface area contributed by atoms with Crippen LogP contribution in [0, 0.1) is 43.1 Å². The number of carbonyl (C=O) groups is 9. The van der Waals surface area contributed by atoms with Crippen LogP contribution in [0.1, 0.15) is 64.8 Å². The number of nitrogens with zero attached hydrogens (tertiary/aromatic N) is 7. The average molecular weight is 1410 g/mol. The van der Waals surface area contributed by atoms with E-state index in [0.717, 1.165) is 34.6 Å². The second-order valence-corrected chi connectivity index (χ2v) is 23.1. The van der Waals surface area contributed by atoms with Gasteiger partial charge in [0.2, 0.25) is 11.4 Å². The first-order chi connectivity index (χ1) is 45.3. The van der Waals surface area contributed by atoms with Crippen LogP contribution in [0.15, 0.2) is 117 Å². The molecule has 14 rings (SSSR count). The van der Waals surface area contributed by atoms with Crippen LogP contribution >= 0.6 is 22.6 Å². The molecule has 11 heterocycles. The molecular formula is C61H49IN14O19. The van der Waals surface area contributed by atoms with Gasteiger partial charge in [-0.2, -0.15) is 0 Å². The second kappa shape index (κ2) is 25.1. The number of pyridine rings is 3.